The lowest BCUT2D eigenvalue weighted by Gasteiger charge is -2.23. The van der Waals surface area contributed by atoms with E-state index in [2.05, 4.69) is 15.6 Å². The third-order valence-electron chi connectivity index (χ3n) is 7.80. The summed E-state index contributed by atoms with van der Waals surface area (Å²) < 4.78 is 57.7. The van der Waals surface area contributed by atoms with E-state index in [-0.39, 0.29) is 35.2 Å². The van der Waals surface area contributed by atoms with Gasteiger partial charge in [-0.05, 0) is 80.1 Å². The van der Waals surface area contributed by atoms with Crippen molar-refractivity contribution in [2.45, 2.75) is 32.1 Å². The second kappa shape index (κ2) is 12.8. The van der Waals surface area contributed by atoms with Gasteiger partial charge in [0.15, 0.2) is 0 Å². The van der Waals surface area contributed by atoms with Crippen LogP contribution in [0.2, 0.25) is 0 Å². The predicted octanol–water partition coefficient (Wildman–Crippen LogP) is 5.06. The van der Waals surface area contributed by atoms with Crippen LogP contribution in [0.3, 0.4) is 0 Å². The topological polar surface area (TPSA) is 99.6 Å². The molecule has 240 valence electrons. The molecule has 46 heavy (non-hydrogen) atoms. The van der Waals surface area contributed by atoms with Gasteiger partial charge in [-0.3, -0.25) is 19.0 Å². The quantitative estimate of drug-likeness (QED) is 0.263. The molecule has 5 rings (SSSR count). The summed E-state index contributed by atoms with van der Waals surface area (Å²) in [7, 11) is 4.76. The van der Waals surface area contributed by atoms with E-state index in [1.807, 2.05) is 0 Å². The number of anilines is 3. The molecule has 0 radical (unpaired) electrons. The number of nitrogens with zero attached hydrogens (tertiary/aromatic N) is 4. The van der Waals surface area contributed by atoms with E-state index in [0.717, 1.165) is 12.1 Å². The number of amides is 2. The van der Waals surface area contributed by atoms with Crippen LogP contribution < -0.4 is 21.1 Å². The Morgan fingerprint density at radius 3 is 2.52 bits per heavy atom. The van der Waals surface area contributed by atoms with Crippen LogP contribution >= 0.6 is 0 Å². The highest BCUT2D eigenvalue weighted by molar-refractivity contribution is 5.95. The molecule has 1 aliphatic heterocycles. The van der Waals surface area contributed by atoms with Gasteiger partial charge in [-0.2, -0.15) is 13.2 Å². The average molecular weight is 637 g/mol. The minimum atomic E-state index is -4.71. The van der Waals surface area contributed by atoms with Crippen LogP contribution in [0.15, 0.2) is 71.7 Å². The Morgan fingerprint density at radius 2 is 1.83 bits per heavy atom. The molecule has 2 N–H and O–H groups in total. The van der Waals surface area contributed by atoms with E-state index in [1.54, 1.807) is 63.3 Å². The molecule has 3 aromatic carbocycles. The Morgan fingerprint density at radius 1 is 1.07 bits per heavy atom. The van der Waals surface area contributed by atoms with Crippen molar-refractivity contribution in [2.24, 2.45) is 0 Å². The molecule has 0 unspecified atom stereocenters. The number of fused-ring (bicyclic) bond motifs is 1. The molecule has 9 nitrogen and oxygen atoms in total. The van der Waals surface area contributed by atoms with Crippen molar-refractivity contribution in [1.29, 1.82) is 0 Å². The summed E-state index contributed by atoms with van der Waals surface area (Å²) in [6, 6.07) is 13.4. The largest absolute Gasteiger partial charge is 0.416 e. The van der Waals surface area contributed by atoms with Crippen molar-refractivity contribution in [3.8, 4) is 11.4 Å². The monoisotopic (exact) mass is 636 g/mol. The van der Waals surface area contributed by atoms with Crippen molar-refractivity contribution < 1.29 is 27.2 Å². The number of alkyl halides is 3. The zero-order valence-corrected chi connectivity index (χ0v) is 25.6. The fourth-order valence-corrected chi connectivity index (χ4v) is 5.28. The third kappa shape index (κ3) is 6.64. The number of aromatic nitrogens is 2. The fraction of sp³-hybridized carbons (Fsp3) is 0.273. The lowest BCUT2D eigenvalue weighted by molar-refractivity contribution is -0.137. The van der Waals surface area contributed by atoms with Crippen molar-refractivity contribution in [2.75, 3.05) is 37.9 Å². The van der Waals surface area contributed by atoms with Gasteiger partial charge >= 0.3 is 6.18 Å². The molecule has 0 saturated heterocycles. The Bertz CT molecular complexity index is 1870. The number of halogens is 4. The molecule has 0 bridgehead atoms. The van der Waals surface area contributed by atoms with E-state index in [4.69, 9.17) is 0 Å². The molecule has 0 spiro atoms. The Hall–Kier alpha value is -5.04. The Labute approximate surface area is 262 Å². The van der Waals surface area contributed by atoms with Gasteiger partial charge in [-0.25, -0.2) is 9.37 Å². The van der Waals surface area contributed by atoms with Crippen molar-refractivity contribution in [1.82, 2.24) is 19.8 Å². The van der Waals surface area contributed by atoms with E-state index in [9.17, 15) is 31.9 Å². The maximum Gasteiger partial charge on any atom is 0.416 e. The lowest BCUT2D eigenvalue weighted by Crippen LogP contribution is -2.38. The van der Waals surface area contributed by atoms with Gasteiger partial charge in [0.1, 0.15) is 17.3 Å². The number of carbonyl (C=O) groups excluding carboxylic acids is 2. The second-order valence-electron chi connectivity index (χ2n) is 11.2. The van der Waals surface area contributed by atoms with Gasteiger partial charge in [0.2, 0.25) is 5.91 Å². The normalized spacial score (nSPS) is 13.3. The first-order valence-electron chi connectivity index (χ1n) is 14.4. The van der Waals surface area contributed by atoms with Crippen LogP contribution in [0, 0.1) is 5.82 Å². The Kier molecular flexibility index (Phi) is 8.97. The number of nitrogens with one attached hydrogen (secondary N) is 2. The van der Waals surface area contributed by atoms with E-state index < -0.39 is 35.1 Å². The number of benzene rings is 3. The van der Waals surface area contributed by atoms with Gasteiger partial charge in [0.25, 0.3) is 11.5 Å². The number of rotatable bonds is 8. The van der Waals surface area contributed by atoms with Gasteiger partial charge in [0.05, 0.1) is 24.3 Å². The smallest absolute Gasteiger partial charge is 0.345 e. The number of likely N-dealkylation sites (N-methyl/N-ethyl adjacent to an activating group) is 1. The van der Waals surface area contributed by atoms with Gasteiger partial charge < -0.3 is 20.4 Å². The van der Waals surface area contributed by atoms with Crippen LogP contribution in [0.4, 0.5) is 34.6 Å². The molecule has 2 heterocycles. The van der Waals surface area contributed by atoms with Crippen LogP contribution in [0.5, 0.6) is 0 Å². The highest BCUT2D eigenvalue weighted by Crippen LogP contribution is 2.39. The first-order chi connectivity index (χ1) is 21.8. The zero-order chi connectivity index (χ0) is 33.3. The predicted molar refractivity (Wildman–Crippen MR) is 167 cm³/mol. The molecule has 1 atom stereocenters. The summed E-state index contributed by atoms with van der Waals surface area (Å²) in [6.07, 6.45) is -3.07. The molecule has 0 aliphatic carbocycles. The van der Waals surface area contributed by atoms with Crippen molar-refractivity contribution >= 4 is 28.9 Å². The molecular formula is C33H32F4N6O3. The molecule has 1 aliphatic rings. The molecule has 4 aromatic rings. The average Bonchev–Trinajstić information content (AvgIpc) is 3.44. The van der Waals surface area contributed by atoms with Crippen LogP contribution in [-0.4, -0.2) is 60.0 Å². The summed E-state index contributed by atoms with van der Waals surface area (Å²) >= 11 is 0. The summed E-state index contributed by atoms with van der Waals surface area (Å²) in [5.74, 6) is -1.16. The zero-order valence-electron chi connectivity index (χ0n) is 25.6. The first kappa shape index (κ1) is 32.4. The lowest BCUT2D eigenvalue weighted by atomic mass is 10.1. The highest BCUT2D eigenvalue weighted by Gasteiger charge is 2.33. The van der Waals surface area contributed by atoms with E-state index in [0.29, 0.717) is 35.3 Å². The number of hydrogen-bond acceptors (Lipinski definition) is 6. The summed E-state index contributed by atoms with van der Waals surface area (Å²) in [5.41, 5.74) is 0.518. The van der Waals surface area contributed by atoms with Crippen LogP contribution in [-0.2, 0) is 23.9 Å². The highest BCUT2D eigenvalue weighted by atomic mass is 19.4. The number of carbonyl (C=O) groups is 2. The van der Waals surface area contributed by atoms with E-state index in [1.165, 1.54) is 33.9 Å². The molecule has 2 amide bonds. The molecule has 0 fully saturated rings. The SMILES string of the molecule is CN[C@@H](C)C(=O)Nc1cnc(-c2cccc(C(=O)N(C)C)c2)n(Cc2cc(N3CCc4cc(F)ccc43)cc(C(F)(F)F)c2)c1=O. The van der Waals surface area contributed by atoms with Crippen molar-refractivity contribution in [3.63, 3.8) is 0 Å². The van der Waals surface area contributed by atoms with Gasteiger partial charge in [-0.15, -0.1) is 0 Å². The molecular weight excluding hydrogens is 604 g/mol. The summed E-state index contributed by atoms with van der Waals surface area (Å²) in [6.45, 7) is 1.58. The standard InChI is InChI=1S/C33H32F4N6O3/c1-19(38-2)30(44)40-27-17-39-29(22-6-5-7-23(14-22)31(45)41(3)4)43(32(27)46)18-20-12-24(33(35,36)37)16-26(13-20)42-11-10-21-15-25(34)8-9-28(21)42/h5-9,12-17,19,38H,10-11,18H2,1-4H3,(H,40,44)/t19-/m0/s1. The minimum absolute atomic E-state index is 0.0824. The Balaban J connectivity index is 1.65. The van der Waals surface area contributed by atoms with E-state index >= 15 is 0 Å². The maximum atomic E-state index is 14.2. The van der Waals surface area contributed by atoms with Gasteiger partial charge in [-0.1, -0.05) is 12.1 Å². The number of hydrogen-bond donors (Lipinski definition) is 2. The third-order valence-corrected chi connectivity index (χ3v) is 7.80. The molecule has 13 heteroatoms. The van der Waals surface area contributed by atoms with Crippen LogP contribution in [0.1, 0.15) is 34.0 Å². The minimum Gasteiger partial charge on any atom is -0.345 e. The van der Waals surface area contributed by atoms with Crippen molar-refractivity contribution in [3.05, 3.63) is 105 Å². The maximum absolute atomic E-state index is 14.2. The molecule has 1 aromatic heterocycles. The fourth-order valence-electron chi connectivity index (χ4n) is 5.28. The van der Waals surface area contributed by atoms with Gasteiger partial charge in [0, 0.05) is 43.1 Å². The molecule has 0 saturated carbocycles. The summed E-state index contributed by atoms with van der Waals surface area (Å²) in [4.78, 5) is 46.7. The van der Waals surface area contributed by atoms with Crippen LogP contribution in [0.25, 0.3) is 11.4 Å². The first-order valence-corrected chi connectivity index (χ1v) is 14.4. The summed E-state index contributed by atoms with van der Waals surface area (Å²) in [5, 5.41) is 5.32. The second-order valence-corrected chi connectivity index (χ2v) is 11.2.